The minimum atomic E-state index is -1.37. The molecule has 2 N–H and O–H groups in total. The van der Waals surface area contributed by atoms with E-state index in [0.29, 0.717) is 11.3 Å². The average Bonchev–Trinajstić information content (AvgIpc) is 2.76. The molecule has 1 fully saturated rings. The number of barbiturate groups is 1. The van der Waals surface area contributed by atoms with Crippen LogP contribution in [0.5, 0.6) is 0 Å². The van der Waals surface area contributed by atoms with Crippen LogP contribution in [0.3, 0.4) is 0 Å². The number of hydrazone groups is 1. The van der Waals surface area contributed by atoms with E-state index in [1.165, 1.54) is 0 Å². The Morgan fingerprint density at radius 2 is 1.71 bits per heavy atom. The summed E-state index contributed by atoms with van der Waals surface area (Å²) in [5.41, 5.74) is 3.05. The predicted molar refractivity (Wildman–Crippen MR) is 119 cm³/mol. The third-order valence-corrected chi connectivity index (χ3v) is 5.24. The largest absolute Gasteiger partial charge is 0.335 e. The number of hydrogen-bond acceptors (Lipinski definition) is 5. The fraction of sp³-hybridized carbons (Fsp3) is 0.0455. The number of imide groups is 2. The van der Waals surface area contributed by atoms with E-state index in [1.54, 1.807) is 36.4 Å². The molecule has 1 heterocycles. The van der Waals surface area contributed by atoms with E-state index in [9.17, 15) is 19.2 Å². The monoisotopic (exact) mass is 478 g/mol. The van der Waals surface area contributed by atoms with Crippen molar-refractivity contribution in [2.24, 2.45) is 11.0 Å². The zero-order valence-electron chi connectivity index (χ0n) is 15.9. The summed E-state index contributed by atoms with van der Waals surface area (Å²) >= 11 is 3.28. The number of amides is 5. The fourth-order valence-electron chi connectivity index (χ4n) is 3.21. The molecule has 0 saturated carbocycles. The number of urea groups is 1. The molecule has 0 radical (unpaired) electrons. The molecule has 3 aromatic carbocycles. The molecule has 154 valence electrons. The van der Waals surface area contributed by atoms with Crippen LogP contribution in [0.4, 0.5) is 10.5 Å². The third-order valence-electron chi connectivity index (χ3n) is 4.71. The Bertz CT molecular complexity index is 1230. The highest BCUT2D eigenvalue weighted by atomic mass is 79.9. The van der Waals surface area contributed by atoms with Crippen molar-refractivity contribution >= 4 is 62.4 Å². The molecule has 0 unspecified atom stereocenters. The average molecular weight is 479 g/mol. The van der Waals surface area contributed by atoms with Crippen molar-refractivity contribution in [2.75, 3.05) is 4.90 Å². The van der Waals surface area contributed by atoms with Crippen molar-refractivity contribution in [3.8, 4) is 0 Å². The van der Waals surface area contributed by atoms with Crippen LogP contribution in [-0.4, -0.2) is 30.0 Å². The Balaban J connectivity index is 1.53. The molecule has 1 atom stereocenters. The number of hydrogen-bond donors (Lipinski definition) is 2. The summed E-state index contributed by atoms with van der Waals surface area (Å²) in [5, 5.41) is 7.56. The standard InChI is InChI=1S/C22H15BrN4O4/c23-14-8-10-15(11-9-14)27-21(30)18(19(28)25-22(27)31)12-24-26-20(29)17-7-3-5-13-4-1-2-6-16(13)17/h1-12,18H,(H,26,29)(H,25,28,31)/b24-12-/t18-/m0/s1. The maximum Gasteiger partial charge on any atom is 0.335 e. The summed E-state index contributed by atoms with van der Waals surface area (Å²) in [6, 6.07) is 18.3. The van der Waals surface area contributed by atoms with Crippen LogP contribution in [-0.2, 0) is 9.59 Å². The van der Waals surface area contributed by atoms with Gasteiger partial charge in [0.1, 0.15) is 0 Å². The second-order valence-corrected chi connectivity index (χ2v) is 7.58. The first kappa shape index (κ1) is 20.4. The summed E-state index contributed by atoms with van der Waals surface area (Å²) in [5.74, 6) is -3.43. The van der Waals surface area contributed by atoms with Crippen LogP contribution in [0, 0.1) is 5.92 Å². The Kier molecular flexibility index (Phi) is 5.59. The predicted octanol–water partition coefficient (Wildman–Crippen LogP) is 3.22. The van der Waals surface area contributed by atoms with Crippen LogP contribution in [0.1, 0.15) is 10.4 Å². The van der Waals surface area contributed by atoms with Gasteiger partial charge in [-0.25, -0.2) is 15.1 Å². The minimum Gasteiger partial charge on any atom is -0.276 e. The second-order valence-electron chi connectivity index (χ2n) is 6.67. The molecule has 31 heavy (non-hydrogen) atoms. The zero-order chi connectivity index (χ0) is 22.0. The molecule has 1 aliphatic heterocycles. The number of carbonyl (C=O) groups excluding carboxylic acids is 4. The molecule has 0 aromatic heterocycles. The Morgan fingerprint density at radius 1 is 1.00 bits per heavy atom. The Morgan fingerprint density at radius 3 is 2.48 bits per heavy atom. The number of rotatable bonds is 4. The van der Waals surface area contributed by atoms with Gasteiger partial charge < -0.3 is 0 Å². The van der Waals surface area contributed by atoms with Crippen molar-refractivity contribution < 1.29 is 19.2 Å². The highest BCUT2D eigenvalue weighted by Gasteiger charge is 2.40. The Labute approximate surface area is 185 Å². The molecule has 4 rings (SSSR count). The quantitative estimate of drug-likeness (QED) is 0.340. The second kappa shape index (κ2) is 8.49. The molecule has 0 bridgehead atoms. The summed E-state index contributed by atoms with van der Waals surface area (Å²) < 4.78 is 0.770. The van der Waals surface area contributed by atoms with Gasteiger partial charge in [-0.1, -0.05) is 52.3 Å². The lowest BCUT2D eigenvalue weighted by Gasteiger charge is -2.28. The van der Waals surface area contributed by atoms with Crippen molar-refractivity contribution in [1.82, 2.24) is 10.7 Å². The SMILES string of the molecule is O=C(N/N=C\[C@H]1C(=O)NC(=O)N(c2ccc(Br)cc2)C1=O)c1cccc2ccccc12. The molecule has 0 spiro atoms. The summed E-state index contributed by atoms with van der Waals surface area (Å²) in [4.78, 5) is 50.6. The van der Waals surface area contributed by atoms with E-state index >= 15 is 0 Å². The number of benzene rings is 3. The number of nitrogens with one attached hydrogen (secondary N) is 2. The molecule has 1 aliphatic rings. The van der Waals surface area contributed by atoms with E-state index in [1.807, 2.05) is 30.3 Å². The van der Waals surface area contributed by atoms with Crippen LogP contribution in [0.25, 0.3) is 10.8 Å². The molecular formula is C22H15BrN4O4. The summed E-state index contributed by atoms with van der Waals surface area (Å²) in [7, 11) is 0. The number of anilines is 1. The van der Waals surface area contributed by atoms with Gasteiger partial charge in [-0.3, -0.25) is 19.7 Å². The molecule has 9 heteroatoms. The van der Waals surface area contributed by atoms with E-state index in [-0.39, 0.29) is 0 Å². The van der Waals surface area contributed by atoms with E-state index in [0.717, 1.165) is 26.4 Å². The minimum absolute atomic E-state index is 0.302. The van der Waals surface area contributed by atoms with Crippen molar-refractivity contribution in [3.63, 3.8) is 0 Å². The summed E-state index contributed by atoms with van der Waals surface area (Å²) in [6.45, 7) is 0. The van der Waals surface area contributed by atoms with E-state index in [2.05, 4.69) is 31.8 Å². The van der Waals surface area contributed by atoms with Gasteiger partial charge in [0.05, 0.1) is 5.69 Å². The number of halogens is 1. The van der Waals surface area contributed by atoms with Crippen LogP contribution in [0.2, 0.25) is 0 Å². The zero-order valence-corrected chi connectivity index (χ0v) is 17.5. The van der Waals surface area contributed by atoms with Gasteiger partial charge in [-0.2, -0.15) is 5.10 Å². The van der Waals surface area contributed by atoms with Gasteiger partial charge in [0.2, 0.25) is 5.91 Å². The molecule has 1 saturated heterocycles. The van der Waals surface area contributed by atoms with Crippen LogP contribution >= 0.6 is 15.9 Å². The first-order valence-corrected chi connectivity index (χ1v) is 10.0. The smallest absolute Gasteiger partial charge is 0.276 e. The lowest BCUT2D eigenvalue weighted by Crippen LogP contribution is -2.58. The summed E-state index contributed by atoms with van der Waals surface area (Å²) in [6.07, 6.45) is 1.01. The van der Waals surface area contributed by atoms with Crippen molar-refractivity contribution in [3.05, 3.63) is 76.8 Å². The number of carbonyl (C=O) groups is 4. The number of fused-ring (bicyclic) bond motifs is 1. The van der Waals surface area contributed by atoms with Gasteiger partial charge in [-0.15, -0.1) is 0 Å². The maximum atomic E-state index is 12.8. The molecule has 0 aliphatic carbocycles. The highest BCUT2D eigenvalue weighted by molar-refractivity contribution is 9.10. The van der Waals surface area contributed by atoms with Crippen molar-refractivity contribution in [2.45, 2.75) is 0 Å². The molecule has 5 amide bonds. The maximum absolute atomic E-state index is 12.8. The number of nitrogens with zero attached hydrogens (tertiary/aromatic N) is 2. The van der Waals surface area contributed by atoms with Gasteiger partial charge in [-0.05, 0) is 41.1 Å². The molecular weight excluding hydrogens is 464 g/mol. The van der Waals surface area contributed by atoms with E-state index < -0.39 is 29.7 Å². The molecule has 8 nitrogen and oxygen atoms in total. The highest BCUT2D eigenvalue weighted by Crippen LogP contribution is 2.22. The first-order valence-electron chi connectivity index (χ1n) is 9.21. The van der Waals surface area contributed by atoms with Crippen LogP contribution < -0.4 is 15.6 Å². The lowest BCUT2D eigenvalue weighted by atomic mass is 10.0. The van der Waals surface area contributed by atoms with Crippen molar-refractivity contribution in [1.29, 1.82) is 0 Å². The topological polar surface area (TPSA) is 108 Å². The Hall–Kier alpha value is -3.85. The first-order chi connectivity index (χ1) is 15.0. The van der Waals surface area contributed by atoms with Gasteiger partial charge in [0.25, 0.3) is 11.8 Å². The normalized spacial score (nSPS) is 16.6. The van der Waals surface area contributed by atoms with Crippen LogP contribution in [0.15, 0.2) is 76.3 Å². The third kappa shape index (κ3) is 4.08. The van der Waals surface area contributed by atoms with E-state index in [4.69, 9.17) is 0 Å². The molecule has 3 aromatic rings. The van der Waals surface area contributed by atoms with Gasteiger partial charge >= 0.3 is 6.03 Å². The van der Waals surface area contributed by atoms with Gasteiger partial charge in [0, 0.05) is 16.3 Å². The lowest BCUT2D eigenvalue weighted by molar-refractivity contribution is -0.131. The van der Waals surface area contributed by atoms with Gasteiger partial charge in [0.15, 0.2) is 5.92 Å². The fourth-order valence-corrected chi connectivity index (χ4v) is 3.47.